The van der Waals surface area contributed by atoms with Gasteiger partial charge in [-0.15, -0.1) is 0 Å². The van der Waals surface area contributed by atoms with E-state index < -0.39 is 30.4 Å². The van der Waals surface area contributed by atoms with E-state index in [0.717, 1.165) is 0 Å². The molecule has 0 aromatic heterocycles. The number of carboxylic acid groups (broad SMARTS) is 2. The molecule has 0 spiro atoms. The molecule has 0 N–H and O–H groups in total. The van der Waals surface area contributed by atoms with Crippen molar-refractivity contribution in [2.75, 3.05) is 6.54 Å². The van der Waals surface area contributed by atoms with Crippen molar-refractivity contribution in [1.29, 1.82) is 0 Å². The lowest BCUT2D eigenvalue weighted by Crippen LogP contribution is -2.51. The Hall–Kier alpha value is -1.59. The lowest BCUT2D eigenvalue weighted by molar-refractivity contribution is -0.314. The average Bonchev–Trinajstić information content (AvgIpc) is 2.31. The van der Waals surface area contributed by atoms with Gasteiger partial charge in [0.15, 0.2) is 5.78 Å². The first kappa shape index (κ1) is 8.51. The Morgan fingerprint density at radius 2 is 2.00 bits per heavy atom. The Balaban J connectivity index is 2.79. The highest BCUT2D eigenvalue weighted by Gasteiger charge is 2.31. The summed E-state index contributed by atoms with van der Waals surface area (Å²) in [7, 11) is 0. The van der Waals surface area contributed by atoms with Crippen LogP contribution in [0.1, 0.15) is 6.42 Å². The lowest BCUT2D eigenvalue weighted by atomic mass is 10.2. The Morgan fingerprint density at radius 1 is 1.42 bits per heavy atom. The molecule has 1 aliphatic rings. The largest absolute Gasteiger partial charge is 0.548 e. The summed E-state index contributed by atoms with van der Waals surface area (Å²) in [6.45, 7) is -0.416. The Labute approximate surface area is 67.4 Å². The van der Waals surface area contributed by atoms with Crippen LogP contribution in [-0.2, 0) is 9.59 Å². The number of amides is 1. The summed E-state index contributed by atoms with van der Waals surface area (Å²) in [6.07, 6.45) is -1.98. The molecule has 1 heterocycles. The molecule has 66 valence electrons. The van der Waals surface area contributed by atoms with Gasteiger partial charge in [0.25, 0.3) is 0 Å². The maximum absolute atomic E-state index is 10.6. The summed E-state index contributed by atoms with van der Waals surface area (Å²) in [5.74, 6) is -2.00. The summed E-state index contributed by atoms with van der Waals surface area (Å²) >= 11 is 0. The number of rotatable bonds is 1. The number of hydrogen-bond donors (Lipinski definition) is 0. The van der Waals surface area contributed by atoms with Crippen LogP contribution in [0.15, 0.2) is 0 Å². The van der Waals surface area contributed by atoms with Gasteiger partial charge in [-0.05, 0) is 0 Å². The summed E-state index contributed by atoms with van der Waals surface area (Å²) in [4.78, 5) is 31.6. The van der Waals surface area contributed by atoms with Crippen molar-refractivity contribution in [3.8, 4) is 0 Å². The smallest absolute Gasteiger partial charge is 0.154 e. The molecule has 1 saturated heterocycles. The molecule has 1 rings (SSSR count). The third kappa shape index (κ3) is 1.36. The minimum Gasteiger partial charge on any atom is -0.548 e. The van der Waals surface area contributed by atoms with E-state index in [1.807, 2.05) is 0 Å². The van der Waals surface area contributed by atoms with E-state index in [2.05, 4.69) is 0 Å². The van der Waals surface area contributed by atoms with Crippen LogP contribution in [0, 0.1) is 0 Å². The molecule has 12 heavy (non-hydrogen) atoms. The summed E-state index contributed by atoms with van der Waals surface area (Å²) in [5.41, 5.74) is 0. The van der Waals surface area contributed by atoms with E-state index in [1.54, 1.807) is 0 Å². The molecule has 1 atom stereocenters. The van der Waals surface area contributed by atoms with Gasteiger partial charge in [0, 0.05) is 6.42 Å². The Bertz CT molecular complexity index is 224. The number of hydrogen-bond acceptors (Lipinski definition) is 5. The first-order valence-electron chi connectivity index (χ1n) is 3.22. The van der Waals surface area contributed by atoms with E-state index >= 15 is 0 Å². The number of ketones is 1. The first-order valence-corrected chi connectivity index (χ1v) is 3.22. The number of aliphatic carboxylic acids is 1. The summed E-state index contributed by atoms with van der Waals surface area (Å²) in [5, 5.41) is 20.5. The topological polar surface area (TPSA) is 101 Å². The second-order valence-corrected chi connectivity index (χ2v) is 2.47. The zero-order valence-electron chi connectivity index (χ0n) is 5.98. The van der Waals surface area contributed by atoms with Crippen molar-refractivity contribution in [2.45, 2.75) is 12.5 Å². The van der Waals surface area contributed by atoms with Crippen LogP contribution in [-0.4, -0.2) is 35.3 Å². The monoisotopic (exact) mass is 171 g/mol. The summed E-state index contributed by atoms with van der Waals surface area (Å²) < 4.78 is 0. The Morgan fingerprint density at radius 3 is 2.33 bits per heavy atom. The first-order chi connectivity index (χ1) is 5.52. The van der Waals surface area contributed by atoms with Crippen LogP contribution in [0.2, 0.25) is 0 Å². The molecular weight excluding hydrogens is 166 g/mol. The zero-order chi connectivity index (χ0) is 9.30. The maximum atomic E-state index is 10.6. The molecule has 1 fully saturated rings. The second-order valence-electron chi connectivity index (χ2n) is 2.47. The van der Waals surface area contributed by atoms with Crippen LogP contribution in [0.25, 0.3) is 0 Å². The predicted molar refractivity (Wildman–Crippen MR) is 30.5 cm³/mol. The lowest BCUT2D eigenvalue weighted by Gasteiger charge is -2.26. The van der Waals surface area contributed by atoms with Crippen molar-refractivity contribution < 1.29 is 24.6 Å². The van der Waals surface area contributed by atoms with E-state index in [1.165, 1.54) is 0 Å². The quantitative estimate of drug-likeness (QED) is 0.411. The third-order valence-electron chi connectivity index (χ3n) is 1.65. The maximum Gasteiger partial charge on any atom is 0.154 e. The molecule has 0 aromatic rings. The summed E-state index contributed by atoms with van der Waals surface area (Å²) in [6, 6.07) is -1.37. The van der Waals surface area contributed by atoms with Gasteiger partial charge in [0.2, 0.25) is 0 Å². The fourth-order valence-electron chi connectivity index (χ4n) is 1.09. The van der Waals surface area contributed by atoms with Gasteiger partial charge < -0.3 is 24.7 Å². The minimum absolute atomic E-state index is 0.323. The SMILES string of the molecule is O=C1C[C@@H](C(=O)[O-])N(C(=O)[O-])C1. The molecule has 0 saturated carbocycles. The number of Topliss-reactive ketones (excluding diaryl/α,β-unsaturated/α-hetero) is 1. The number of carboxylic acids is 1. The van der Waals surface area contributed by atoms with Crippen molar-refractivity contribution in [3.63, 3.8) is 0 Å². The minimum atomic E-state index is -1.66. The molecule has 1 amide bonds. The normalized spacial score (nSPS) is 22.8. The van der Waals surface area contributed by atoms with Crippen LogP contribution in [0.4, 0.5) is 4.79 Å². The van der Waals surface area contributed by atoms with E-state index in [0.29, 0.717) is 4.90 Å². The highest BCUT2D eigenvalue weighted by molar-refractivity contribution is 5.94. The highest BCUT2D eigenvalue weighted by Crippen LogP contribution is 2.12. The predicted octanol–water partition coefficient (Wildman–Crippen LogP) is -3.28. The third-order valence-corrected chi connectivity index (χ3v) is 1.65. The molecule has 0 aliphatic carbocycles. The molecule has 1 aliphatic heterocycles. The molecule has 0 unspecified atom stereocenters. The van der Waals surface area contributed by atoms with Gasteiger partial charge in [-0.25, -0.2) is 0 Å². The number of carbonyl (C=O) groups is 3. The highest BCUT2D eigenvalue weighted by atomic mass is 16.4. The van der Waals surface area contributed by atoms with Gasteiger partial charge in [-0.2, -0.15) is 0 Å². The van der Waals surface area contributed by atoms with Gasteiger partial charge in [0.05, 0.1) is 18.6 Å². The molecular formula is C6H5NO5-2. The average molecular weight is 171 g/mol. The molecule has 6 nitrogen and oxygen atoms in total. The van der Waals surface area contributed by atoms with Gasteiger partial charge in [0.1, 0.15) is 6.09 Å². The van der Waals surface area contributed by atoms with E-state index in [4.69, 9.17) is 0 Å². The second kappa shape index (κ2) is 2.80. The van der Waals surface area contributed by atoms with Crippen LogP contribution < -0.4 is 10.2 Å². The van der Waals surface area contributed by atoms with Crippen LogP contribution in [0.5, 0.6) is 0 Å². The molecule has 0 aromatic carbocycles. The van der Waals surface area contributed by atoms with Crippen LogP contribution >= 0.6 is 0 Å². The van der Waals surface area contributed by atoms with Gasteiger partial charge in [-0.1, -0.05) is 0 Å². The Kier molecular flexibility index (Phi) is 1.99. The van der Waals surface area contributed by atoms with E-state index in [9.17, 15) is 24.6 Å². The van der Waals surface area contributed by atoms with Crippen molar-refractivity contribution in [3.05, 3.63) is 0 Å². The van der Waals surface area contributed by atoms with E-state index in [-0.39, 0.29) is 6.42 Å². The zero-order valence-corrected chi connectivity index (χ0v) is 5.98. The molecule has 0 radical (unpaired) electrons. The van der Waals surface area contributed by atoms with Gasteiger partial charge >= 0.3 is 0 Å². The van der Waals surface area contributed by atoms with Crippen molar-refractivity contribution in [2.24, 2.45) is 0 Å². The fourth-order valence-corrected chi connectivity index (χ4v) is 1.09. The number of likely N-dealkylation sites (tertiary alicyclic amines) is 1. The number of nitrogens with zero attached hydrogens (tertiary/aromatic N) is 1. The number of carbonyl (C=O) groups excluding carboxylic acids is 3. The fraction of sp³-hybridized carbons (Fsp3) is 0.500. The standard InChI is InChI=1S/C6H7NO5/c8-3-1-4(5(9)10)7(2-3)6(11)12/h4H,1-2H2,(H,9,10)(H,11,12)/p-2/t4-/m0/s1. The van der Waals surface area contributed by atoms with Crippen molar-refractivity contribution >= 4 is 17.8 Å². The molecule has 0 bridgehead atoms. The van der Waals surface area contributed by atoms with Crippen LogP contribution in [0.3, 0.4) is 0 Å². The van der Waals surface area contributed by atoms with Crippen molar-refractivity contribution in [1.82, 2.24) is 4.90 Å². The van der Waals surface area contributed by atoms with Gasteiger partial charge in [-0.3, -0.25) is 4.79 Å². The molecule has 6 heteroatoms.